The van der Waals surface area contributed by atoms with Crippen molar-refractivity contribution in [2.75, 3.05) is 25.6 Å². The van der Waals surface area contributed by atoms with Gasteiger partial charge < -0.3 is 20.3 Å². The lowest BCUT2D eigenvalue weighted by Gasteiger charge is -2.30. The van der Waals surface area contributed by atoms with Crippen LogP contribution < -0.4 is 16.5 Å². The SMILES string of the molecule is CC(C)OC(=O)CN[P+](=O)OC[C@@](F)(O[C@H](CF)n1ccc(N)nc1=O)[C@H](C)O. The van der Waals surface area contributed by atoms with Gasteiger partial charge in [0.15, 0.2) is 12.8 Å². The van der Waals surface area contributed by atoms with Crippen LogP contribution in [0.25, 0.3) is 0 Å². The first-order valence-corrected chi connectivity index (χ1v) is 9.64. The van der Waals surface area contributed by atoms with E-state index in [1.165, 1.54) is 6.07 Å². The maximum atomic E-state index is 15.0. The topological polar surface area (TPSA) is 155 Å². The van der Waals surface area contributed by atoms with E-state index in [4.69, 9.17) is 19.7 Å². The number of alkyl halides is 2. The normalized spacial score (nSPS) is 16.2. The van der Waals surface area contributed by atoms with Crippen molar-refractivity contribution in [3.63, 3.8) is 0 Å². The van der Waals surface area contributed by atoms with Gasteiger partial charge in [-0.2, -0.15) is 4.98 Å². The zero-order valence-corrected chi connectivity index (χ0v) is 17.0. The maximum Gasteiger partial charge on any atom is 0.613 e. The van der Waals surface area contributed by atoms with E-state index in [0.29, 0.717) is 4.57 Å². The molecular formula is C15H24F2N4O7P+. The van der Waals surface area contributed by atoms with Crippen molar-refractivity contribution in [1.29, 1.82) is 0 Å². The molecule has 1 aromatic rings. The molecule has 0 aliphatic heterocycles. The number of esters is 1. The summed E-state index contributed by atoms with van der Waals surface area (Å²) in [6.45, 7) is 1.31. The average molecular weight is 441 g/mol. The van der Waals surface area contributed by atoms with E-state index in [0.717, 1.165) is 13.1 Å². The van der Waals surface area contributed by atoms with Gasteiger partial charge in [0.2, 0.25) is 0 Å². The van der Waals surface area contributed by atoms with E-state index in [-0.39, 0.29) is 11.9 Å². The highest BCUT2D eigenvalue weighted by Crippen LogP contribution is 2.29. The van der Waals surface area contributed by atoms with E-state index < -0.39 is 57.9 Å². The van der Waals surface area contributed by atoms with E-state index in [2.05, 4.69) is 10.1 Å². The molecule has 29 heavy (non-hydrogen) atoms. The van der Waals surface area contributed by atoms with E-state index in [1.54, 1.807) is 13.8 Å². The Bertz CT molecular complexity index is 764. The number of aliphatic hydroxyl groups excluding tert-OH is 1. The Morgan fingerprint density at radius 1 is 1.48 bits per heavy atom. The Labute approximate surface area is 166 Å². The number of rotatable bonds is 12. The molecule has 1 aromatic heterocycles. The second kappa shape index (κ2) is 11.2. The predicted octanol–water partition coefficient (Wildman–Crippen LogP) is 0.572. The molecule has 0 bridgehead atoms. The highest BCUT2D eigenvalue weighted by Gasteiger charge is 2.43. The Kier molecular flexibility index (Phi) is 9.66. The first-order chi connectivity index (χ1) is 13.5. The number of ether oxygens (including phenoxy) is 2. The molecule has 0 radical (unpaired) electrons. The summed E-state index contributed by atoms with van der Waals surface area (Å²) in [6.07, 6.45) is -3.00. The lowest BCUT2D eigenvalue weighted by molar-refractivity contribution is -0.260. The molecule has 4 atom stereocenters. The van der Waals surface area contributed by atoms with Gasteiger partial charge in [-0.05, 0) is 31.4 Å². The molecule has 1 rings (SSSR count). The molecule has 1 heterocycles. The van der Waals surface area contributed by atoms with Gasteiger partial charge in [-0.3, -0.25) is 9.36 Å². The molecule has 164 valence electrons. The minimum Gasteiger partial charge on any atom is -0.462 e. The van der Waals surface area contributed by atoms with Crippen molar-refractivity contribution in [2.24, 2.45) is 0 Å². The number of hydrogen-bond donors (Lipinski definition) is 3. The lowest BCUT2D eigenvalue weighted by atomic mass is 10.2. The van der Waals surface area contributed by atoms with Crippen LogP contribution in [-0.2, 0) is 23.4 Å². The number of nitrogens with one attached hydrogen (secondary N) is 1. The number of carbonyl (C=O) groups excluding carboxylic acids is 1. The van der Waals surface area contributed by atoms with Gasteiger partial charge in [0, 0.05) is 6.20 Å². The minimum absolute atomic E-state index is 0.131. The van der Waals surface area contributed by atoms with Gasteiger partial charge in [0.1, 0.15) is 25.1 Å². The van der Waals surface area contributed by atoms with E-state index in [9.17, 15) is 23.7 Å². The number of aliphatic hydroxyl groups is 1. The third-order valence-corrected chi connectivity index (χ3v) is 4.13. The molecule has 0 amide bonds. The minimum atomic E-state index is -3.04. The van der Waals surface area contributed by atoms with Gasteiger partial charge in [0.25, 0.3) is 5.85 Å². The second-order valence-corrected chi connectivity index (χ2v) is 7.22. The summed E-state index contributed by atoms with van der Waals surface area (Å²) >= 11 is 0. The summed E-state index contributed by atoms with van der Waals surface area (Å²) in [5.41, 5.74) is 4.33. The Balaban J connectivity index is 2.76. The second-order valence-electron chi connectivity index (χ2n) is 6.14. The molecule has 0 spiro atoms. The largest absolute Gasteiger partial charge is 0.613 e. The van der Waals surface area contributed by atoms with Crippen LogP contribution in [0.2, 0.25) is 0 Å². The fourth-order valence-electron chi connectivity index (χ4n) is 1.91. The van der Waals surface area contributed by atoms with Crippen molar-refractivity contribution < 1.29 is 37.2 Å². The summed E-state index contributed by atoms with van der Waals surface area (Å²) < 4.78 is 55.2. The number of anilines is 1. The molecule has 0 aliphatic carbocycles. The van der Waals surface area contributed by atoms with Crippen LogP contribution in [0.5, 0.6) is 0 Å². The van der Waals surface area contributed by atoms with Crippen molar-refractivity contribution in [1.82, 2.24) is 14.6 Å². The van der Waals surface area contributed by atoms with Crippen molar-refractivity contribution in [2.45, 2.75) is 45.1 Å². The van der Waals surface area contributed by atoms with Crippen molar-refractivity contribution in [3.05, 3.63) is 22.7 Å². The van der Waals surface area contributed by atoms with Crippen LogP contribution >= 0.6 is 8.18 Å². The highest BCUT2D eigenvalue weighted by molar-refractivity contribution is 7.36. The standard InChI is InChI=1S/C15H23F2N4O7P/c1-9(2)27-13(23)7-19-29(25)26-8-15(17,10(3)22)28-12(6-16)21-5-4-11(18)20-14(21)24/h4-5,9-10,12,22H,6-8H2,1-3H3,(H2-,18,19,20,24,25)/p+1/t10-,12+,15+/m0/s1. The number of halogens is 2. The molecule has 0 saturated heterocycles. The van der Waals surface area contributed by atoms with Crippen LogP contribution in [0.4, 0.5) is 14.6 Å². The van der Waals surface area contributed by atoms with Crippen LogP contribution in [0.3, 0.4) is 0 Å². The summed E-state index contributed by atoms with van der Waals surface area (Å²) in [7, 11) is -2.74. The van der Waals surface area contributed by atoms with Gasteiger partial charge >= 0.3 is 19.8 Å². The van der Waals surface area contributed by atoms with Gasteiger partial charge in [-0.15, -0.1) is 4.52 Å². The Hall–Kier alpha value is -2.05. The summed E-state index contributed by atoms with van der Waals surface area (Å²) in [5.74, 6) is -3.88. The van der Waals surface area contributed by atoms with Crippen molar-refractivity contribution >= 4 is 20.0 Å². The highest BCUT2D eigenvalue weighted by atomic mass is 31.1. The fourth-order valence-corrected chi connectivity index (χ4v) is 2.56. The number of nitrogen functional groups attached to an aromatic ring is 1. The van der Waals surface area contributed by atoms with Crippen LogP contribution in [0.1, 0.15) is 27.0 Å². The molecule has 0 fully saturated rings. The third kappa shape index (κ3) is 8.07. The number of hydrogen-bond acceptors (Lipinski definition) is 9. The molecule has 14 heteroatoms. The first-order valence-electron chi connectivity index (χ1n) is 8.47. The zero-order valence-electron chi connectivity index (χ0n) is 16.1. The Morgan fingerprint density at radius 3 is 2.66 bits per heavy atom. The zero-order chi connectivity index (χ0) is 22.2. The van der Waals surface area contributed by atoms with Crippen molar-refractivity contribution in [3.8, 4) is 0 Å². The van der Waals surface area contributed by atoms with Crippen LogP contribution in [0, 0.1) is 0 Å². The smallest absolute Gasteiger partial charge is 0.462 e. The maximum absolute atomic E-state index is 15.0. The molecule has 0 aliphatic rings. The lowest BCUT2D eigenvalue weighted by Crippen LogP contribution is -2.46. The molecule has 0 saturated carbocycles. The molecule has 11 nitrogen and oxygen atoms in total. The average Bonchev–Trinajstić information content (AvgIpc) is 2.62. The number of nitrogens with two attached hydrogens (primary N) is 1. The monoisotopic (exact) mass is 441 g/mol. The summed E-state index contributed by atoms with van der Waals surface area (Å²) in [6, 6.07) is 1.17. The summed E-state index contributed by atoms with van der Waals surface area (Å²) in [4.78, 5) is 26.5. The number of aromatic nitrogens is 2. The molecule has 4 N–H and O–H groups in total. The number of nitrogens with zero attached hydrogens (tertiary/aromatic N) is 2. The van der Waals surface area contributed by atoms with Gasteiger partial charge in [-0.25, -0.2) is 13.6 Å². The van der Waals surface area contributed by atoms with Gasteiger partial charge in [-0.1, -0.05) is 5.09 Å². The Morgan fingerprint density at radius 2 is 2.14 bits per heavy atom. The van der Waals surface area contributed by atoms with Gasteiger partial charge in [0.05, 0.1) is 6.10 Å². The number of carbonyl (C=O) groups is 1. The quantitative estimate of drug-likeness (QED) is 0.310. The molecular weight excluding hydrogens is 417 g/mol. The predicted molar refractivity (Wildman–Crippen MR) is 97.3 cm³/mol. The van der Waals surface area contributed by atoms with Crippen LogP contribution in [-0.4, -0.2) is 58.5 Å². The molecule has 1 unspecified atom stereocenters. The third-order valence-electron chi connectivity index (χ3n) is 3.35. The van der Waals surface area contributed by atoms with E-state index in [1.807, 2.05) is 0 Å². The van der Waals surface area contributed by atoms with Crippen LogP contribution in [0.15, 0.2) is 17.1 Å². The van der Waals surface area contributed by atoms with E-state index >= 15 is 4.39 Å². The molecule has 0 aromatic carbocycles. The first kappa shape index (κ1) is 25.0. The summed E-state index contributed by atoms with van der Waals surface area (Å²) in [5, 5.41) is 11.9. The fraction of sp³-hybridized carbons (Fsp3) is 0.667.